The molecule has 39 heavy (non-hydrogen) atoms. The maximum atomic E-state index is 15.0. The fourth-order valence-electron chi connectivity index (χ4n) is 4.11. The number of nitrogens with one attached hydrogen (secondary N) is 1. The highest BCUT2D eigenvalue weighted by molar-refractivity contribution is 7.92. The number of fused-ring (bicyclic) bond motifs is 1. The van der Waals surface area contributed by atoms with Crippen LogP contribution < -0.4 is 9.46 Å². The van der Waals surface area contributed by atoms with E-state index in [9.17, 15) is 21.6 Å². The Hall–Kier alpha value is -4.44. The number of nitrogens with zero attached hydrogens (tertiary/aromatic N) is 1. The maximum Gasteiger partial charge on any atom is 0.418 e. The van der Waals surface area contributed by atoms with Gasteiger partial charge < -0.3 is 4.74 Å². The summed E-state index contributed by atoms with van der Waals surface area (Å²) >= 11 is 0. The third-order valence-corrected chi connectivity index (χ3v) is 7.30. The van der Waals surface area contributed by atoms with Crippen molar-refractivity contribution in [3.8, 4) is 22.6 Å². The first kappa shape index (κ1) is 26.2. The van der Waals surface area contributed by atoms with Gasteiger partial charge in [0.25, 0.3) is 0 Å². The molecule has 0 radical (unpaired) electrons. The topological polar surface area (TPSA) is 72.6 Å². The van der Waals surface area contributed by atoms with Gasteiger partial charge in [-0.2, -0.15) is 17.4 Å². The summed E-state index contributed by atoms with van der Waals surface area (Å²) in [6, 6.07) is 24.3. The van der Waals surface area contributed by atoms with Crippen molar-refractivity contribution in [3.05, 3.63) is 114 Å². The van der Waals surface area contributed by atoms with Gasteiger partial charge in [-0.25, -0.2) is 13.3 Å². The van der Waals surface area contributed by atoms with Gasteiger partial charge in [-0.3, -0.25) is 4.98 Å². The predicted molar refractivity (Wildman–Crippen MR) is 142 cm³/mol. The number of hydrogen-bond donors (Lipinski definition) is 1. The summed E-state index contributed by atoms with van der Waals surface area (Å²) in [6.45, 7) is 1.53. The van der Waals surface area contributed by atoms with Gasteiger partial charge in [0.15, 0.2) is 5.82 Å². The summed E-state index contributed by atoms with van der Waals surface area (Å²) in [5.74, 6) is -0.843. The van der Waals surface area contributed by atoms with Crippen molar-refractivity contribution in [2.24, 2.45) is 0 Å². The van der Waals surface area contributed by atoms with Gasteiger partial charge >= 0.3 is 16.2 Å². The first-order chi connectivity index (χ1) is 18.5. The van der Waals surface area contributed by atoms with Gasteiger partial charge in [0.1, 0.15) is 16.4 Å². The molecule has 1 unspecified atom stereocenters. The lowest BCUT2D eigenvalue weighted by Gasteiger charge is -2.14. The maximum absolute atomic E-state index is 15.0. The number of pyridine rings is 1. The molecule has 2 N–H and O–H groups in total. The van der Waals surface area contributed by atoms with Crippen molar-refractivity contribution >= 4 is 26.6 Å². The molecule has 4 aromatic carbocycles. The number of hydrogen-bond acceptors (Lipinski definition) is 3. The Morgan fingerprint density at radius 3 is 2.31 bits per heavy atom. The lowest BCUT2D eigenvalue weighted by atomic mass is 10.1. The number of aryl methyl sites for hydroxylation is 1. The highest BCUT2D eigenvalue weighted by atomic mass is 32.2. The fourth-order valence-corrected chi connectivity index (χ4v) is 5.24. The zero-order chi connectivity index (χ0) is 27.8. The second kappa shape index (κ2) is 10.0. The van der Waals surface area contributed by atoms with Crippen LogP contribution in [0.15, 0.2) is 102 Å². The summed E-state index contributed by atoms with van der Waals surface area (Å²) < 4.78 is 87.4. The highest BCUT2D eigenvalue weighted by Gasteiger charge is 2.33. The molecule has 0 saturated carbocycles. The molecule has 1 heterocycles. The third-order valence-electron chi connectivity index (χ3n) is 5.91. The van der Waals surface area contributed by atoms with E-state index in [4.69, 9.17) is 4.74 Å². The molecule has 10 heteroatoms. The SMILES string of the molecule is Cc1cc(Oc2ccc(NS(=O)(=[OH+])c3cccc(-c4ccccc4)c3)c(F)c2)c2cccc(C(F)(F)F)c2n1. The van der Waals surface area contributed by atoms with E-state index in [1.54, 1.807) is 18.2 Å². The van der Waals surface area contributed by atoms with Crippen LogP contribution in [0.2, 0.25) is 0 Å². The van der Waals surface area contributed by atoms with Gasteiger partial charge in [-0.15, -0.1) is 0 Å². The Kier molecular flexibility index (Phi) is 6.73. The van der Waals surface area contributed by atoms with E-state index in [0.717, 1.165) is 23.3 Å². The van der Waals surface area contributed by atoms with E-state index >= 15 is 4.39 Å². The predicted octanol–water partition coefficient (Wildman–Crippen LogP) is 8.12. The number of anilines is 1. The van der Waals surface area contributed by atoms with E-state index < -0.39 is 27.6 Å². The van der Waals surface area contributed by atoms with Crippen LogP contribution in [0.5, 0.6) is 11.5 Å². The average Bonchev–Trinajstić information content (AvgIpc) is 2.90. The molecule has 0 bridgehead atoms. The van der Waals surface area contributed by atoms with Crippen LogP contribution in [-0.4, -0.2) is 13.4 Å². The summed E-state index contributed by atoms with van der Waals surface area (Å²) in [6.07, 6.45) is -4.62. The van der Waals surface area contributed by atoms with Gasteiger partial charge in [0.05, 0.1) is 16.8 Å². The number of rotatable bonds is 6. The van der Waals surface area contributed by atoms with Crippen molar-refractivity contribution in [1.82, 2.24) is 4.98 Å². The van der Waals surface area contributed by atoms with Crippen molar-refractivity contribution in [1.29, 1.82) is 0 Å². The zero-order valence-electron chi connectivity index (χ0n) is 20.4. The summed E-state index contributed by atoms with van der Waals surface area (Å²) in [5.41, 5.74) is 0.406. The summed E-state index contributed by atoms with van der Waals surface area (Å²) in [5, 5.41) is 0.106. The second-order valence-electron chi connectivity index (χ2n) is 8.73. The number of ether oxygens (including phenoxy) is 1. The number of aromatic nitrogens is 1. The second-order valence-corrected chi connectivity index (χ2v) is 10.5. The van der Waals surface area contributed by atoms with Gasteiger partial charge in [-0.1, -0.05) is 48.5 Å². The molecule has 1 aromatic heterocycles. The van der Waals surface area contributed by atoms with Crippen LogP contribution in [0, 0.1) is 12.7 Å². The minimum absolute atomic E-state index is 0.0159. The Balaban J connectivity index is 1.42. The standard InChI is InChI=1S/C29H20F4N2O3S/c1-18-15-27(23-11-6-12-24(28(23)34-18)29(31,32)33)38-21-13-14-26(25(30)17-21)35-39(36,37)22-10-5-9-20(16-22)19-7-3-2-4-8-19/h2-17H,1H3,(H,35,36,37)/p+1. The quantitative estimate of drug-likeness (QED) is 0.171. The van der Waals surface area contributed by atoms with E-state index in [1.165, 1.54) is 43.3 Å². The lowest BCUT2D eigenvalue weighted by Crippen LogP contribution is -2.13. The molecule has 1 atom stereocenters. The number of benzene rings is 4. The first-order valence-electron chi connectivity index (χ1n) is 11.7. The Bertz CT molecular complexity index is 1790. The van der Waals surface area contributed by atoms with E-state index in [-0.39, 0.29) is 38.7 Å². The molecule has 5 rings (SSSR count). The minimum Gasteiger partial charge on any atom is -0.456 e. The van der Waals surface area contributed by atoms with Crippen molar-refractivity contribution in [2.75, 3.05) is 4.72 Å². The van der Waals surface area contributed by atoms with E-state index in [1.807, 2.05) is 30.3 Å². The van der Waals surface area contributed by atoms with Crippen LogP contribution >= 0.6 is 0 Å². The molecule has 0 spiro atoms. The normalized spacial score (nSPS) is 13.2. The first-order valence-corrected chi connectivity index (χ1v) is 13.2. The van der Waals surface area contributed by atoms with Crippen LogP contribution in [0.25, 0.3) is 22.0 Å². The zero-order valence-corrected chi connectivity index (χ0v) is 21.2. The Morgan fingerprint density at radius 2 is 1.59 bits per heavy atom. The molecule has 0 aliphatic heterocycles. The molecule has 198 valence electrons. The highest BCUT2D eigenvalue weighted by Crippen LogP contribution is 2.38. The van der Waals surface area contributed by atoms with Crippen LogP contribution in [0.3, 0.4) is 0 Å². The molecule has 0 amide bonds. The van der Waals surface area contributed by atoms with Crippen LogP contribution in [0.4, 0.5) is 23.2 Å². The third kappa shape index (κ3) is 5.56. The Morgan fingerprint density at radius 1 is 0.872 bits per heavy atom. The number of alkyl halides is 3. The Labute approximate surface area is 221 Å². The van der Waals surface area contributed by atoms with E-state index in [2.05, 4.69) is 9.71 Å². The number of halogens is 4. The van der Waals surface area contributed by atoms with Gasteiger partial charge in [0, 0.05) is 23.2 Å². The molecular formula is C29H21F4N2O3S+. The van der Waals surface area contributed by atoms with Gasteiger partial charge in [0.2, 0.25) is 0 Å². The largest absolute Gasteiger partial charge is 0.456 e. The molecule has 5 nitrogen and oxygen atoms in total. The minimum atomic E-state index is -4.62. The average molecular weight is 554 g/mol. The molecule has 0 aliphatic rings. The van der Waals surface area contributed by atoms with E-state index in [0.29, 0.717) is 0 Å². The molecule has 5 aromatic rings. The van der Waals surface area contributed by atoms with Crippen molar-refractivity contribution in [2.45, 2.75) is 18.0 Å². The lowest BCUT2D eigenvalue weighted by molar-refractivity contribution is -0.136. The van der Waals surface area contributed by atoms with Crippen molar-refractivity contribution < 1.29 is 30.7 Å². The summed E-state index contributed by atoms with van der Waals surface area (Å²) in [4.78, 5) is 4.08. The fraction of sp³-hybridized carbons (Fsp3) is 0.0690. The molecular weight excluding hydrogens is 532 g/mol. The monoisotopic (exact) mass is 553 g/mol. The molecule has 0 fully saturated rings. The molecule has 0 saturated heterocycles. The smallest absolute Gasteiger partial charge is 0.418 e. The number of para-hydroxylation sites is 1. The van der Waals surface area contributed by atoms with Crippen molar-refractivity contribution in [3.63, 3.8) is 0 Å². The van der Waals surface area contributed by atoms with Crippen LogP contribution in [0.1, 0.15) is 11.3 Å². The molecule has 0 aliphatic carbocycles. The van der Waals surface area contributed by atoms with Crippen LogP contribution in [-0.2, 0) is 16.2 Å². The summed E-state index contributed by atoms with van der Waals surface area (Å²) in [7, 11) is -3.89. The van der Waals surface area contributed by atoms with Gasteiger partial charge in [-0.05, 0) is 54.4 Å².